The normalized spacial score (nSPS) is 12.6. The first kappa shape index (κ1) is 16.8. The average Bonchev–Trinajstić information content (AvgIpc) is 2.36. The van der Waals surface area contributed by atoms with Gasteiger partial charge >= 0.3 is 18.2 Å². The highest BCUT2D eigenvalue weighted by Crippen LogP contribution is 2.30. The second-order valence-electron chi connectivity index (χ2n) is 4.32. The fraction of sp³-hybridized carbons (Fsp3) is 0.385. The van der Waals surface area contributed by atoms with Crippen LogP contribution < -0.4 is 11.1 Å². The summed E-state index contributed by atoms with van der Waals surface area (Å²) in [4.78, 5) is 21.7. The lowest BCUT2D eigenvalue weighted by atomic mass is 10.1. The molecule has 1 aromatic carbocycles. The van der Waals surface area contributed by atoms with Crippen LogP contribution in [-0.4, -0.2) is 18.1 Å². The SMILES string of the molecule is CCC(CC(=O)OC(N)=O)Nc1ccc(C(F)(F)F)cc1. The molecule has 1 amide bonds. The lowest BCUT2D eigenvalue weighted by Gasteiger charge is -2.17. The molecule has 0 fully saturated rings. The minimum absolute atomic E-state index is 0.125. The van der Waals surface area contributed by atoms with Crippen LogP contribution in [0.1, 0.15) is 25.3 Å². The Labute approximate surface area is 119 Å². The van der Waals surface area contributed by atoms with E-state index in [0.29, 0.717) is 12.1 Å². The third-order valence-electron chi connectivity index (χ3n) is 2.70. The van der Waals surface area contributed by atoms with Gasteiger partial charge in [-0.05, 0) is 30.7 Å². The number of ether oxygens (including phenoxy) is 1. The molecular formula is C13H15F3N2O3. The molecule has 0 bridgehead atoms. The number of hydrogen-bond donors (Lipinski definition) is 2. The van der Waals surface area contributed by atoms with Gasteiger partial charge in [-0.2, -0.15) is 13.2 Å². The molecule has 1 atom stereocenters. The van der Waals surface area contributed by atoms with E-state index in [-0.39, 0.29) is 12.5 Å². The number of primary amides is 1. The third-order valence-corrected chi connectivity index (χ3v) is 2.70. The van der Waals surface area contributed by atoms with Gasteiger partial charge in [0.05, 0.1) is 12.0 Å². The number of carbonyl (C=O) groups excluding carboxylic acids is 2. The highest BCUT2D eigenvalue weighted by molar-refractivity contribution is 5.84. The Bertz CT molecular complexity index is 500. The predicted octanol–water partition coefficient (Wildman–Crippen LogP) is 2.91. The summed E-state index contributed by atoms with van der Waals surface area (Å²) < 4.78 is 41.4. The van der Waals surface area contributed by atoms with Crippen molar-refractivity contribution in [3.63, 3.8) is 0 Å². The molecule has 8 heteroatoms. The zero-order valence-electron chi connectivity index (χ0n) is 11.2. The van der Waals surface area contributed by atoms with Gasteiger partial charge in [0.25, 0.3) is 0 Å². The Hall–Kier alpha value is -2.25. The van der Waals surface area contributed by atoms with E-state index in [2.05, 4.69) is 10.1 Å². The van der Waals surface area contributed by atoms with Crippen LogP contribution in [0.4, 0.5) is 23.7 Å². The van der Waals surface area contributed by atoms with Crippen LogP contribution in [0.5, 0.6) is 0 Å². The van der Waals surface area contributed by atoms with Crippen molar-refractivity contribution < 1.29 is 27.5 Å². The van der Waals surface area contributed by atoms with Gasteiger partial charge in [0.1, 0.15) is 0 Å². The van der Waals surface area contributed by atoms with Gasteiger partial charge < -0.3 is 15.8 Å². The van der Waals surface area contributed by atoms with Gasteiger partial charge in [0.2, 0.25) is 0 Å². The number of amides is 1. The lowest BCUT2D eigenvalue weighted by Crippen LogP contribution is -2.26. The second-order valence-corrected chi connectivity index (χ2v) is 4.32. The fourth-order valence-corrected chi connectivity index (χ4v) is 1.64. The topological polar surface area (TPSA) is 81.4 Å². The number of benzene rings is 1. The van der Waals surface area contributed by atoms with E-state index in [1.807, 2.05) is 0 Å². The minimum Gasteiger partial charge on any atom is -0.382 e. The molecule has 0 aliphatic rings. The van der Waals surface area contributed by atoms with Crippen LogP contribution in [0, 0.1) is 0 Å². The molecule has 0 radical (unpaired) electrons. The van der Waals surface area contributed by atoms with Crippen molar-refractivity contribution in [2.75, 3.05) is 5.32 Å². The highest BCUT2D eigenvalue weighted by atomic mass is 19.4. The number of hydrogen-bond acceptors (Lipinski definition) is 4. The number of nitrogens with two attached hydrogens (primary N) is 1. The standard InChI is InChI=1S/C13H15F3N2O3/c1-2-9(7-11(19)21-12(17)20)18-10-5-3-8(4-6-10)13(14,15)16/h3-6,9,18H,2,7H2,1H3,(H2,17,20). The molecule has 0 spiro atoms. The highest BCUT2D eigenvalue weighted by Gasteiger charge is 2.30. The molecule has 5 nitrogen and oxygen atoms in total. The first-order valence-electron chi connectivity index (χ1n) is 6.16. The molecule has 0 aromatic heterocycles. The molecule has 1 rings (SSSR count). The summed E-state index contributed by atoms with van der Waals surface area (Å²) in [6.07, 6.45) is -5.20. The Morgan fingerprint density at radius 3 is 2.29 bits per heavy atom. The predicted molar refractivity (Wildman–Crippen MR) is 69.4 cm³/mol. The molecule has 1 unspecified atom stereocenters. The zero-order chi connectivity index (χ0) is 16.0. The van der Waals surface area contributed by atoms with Crippen LogP contribution in [0.25, 0.3) is 0 Å². The molecule has 21 heavy (non-hydrogen) atoms. The second kappa shape index (κ2) is 6.96. The van der Waals surface area contributed by atoms with Crippen LogP contribution in [0.15, 0.2) is 24.3 Å². The number of esters is 1. The number of halogens is 3. The Kier molecular flexibility index (Phi) is 5.57. The van der Waals surface area contributed by atoms with Crippen molar-refractivity contribution in [2.45, 2.75) is 32.0 Å². The largest absolute Gasteiger partial charge is 0.416 e. The number of carbonyl (C=O) groups is 2. The van der Waals surface area contributed by atoms with Crippen LogP contribution in [0.3, 0.4) is 0 Å². The summed E-state index contributed by atoms with van der Waals surface area (Å²) in [5, 5.41) is 2.89. The van der Waals surface area contributed by atoms with Crippen molar-refractivity contribution in [3.05, 3.63) is 29.8 Å². The average molecular weight is 304 g/mol. The molecule has 116 valence electrons. The Morgan fingerprint density at radius 2 is 1.86 bits per heavy atom. The minimum atomic E-state index is -4.39. The summed E-state index contributed by atoms with van der Waals surface area (Å²) in [7, 11) is 0. The smallest absolute Gasteiger partial charge is 0.382 e. The third kappa shape index (κ3) is 5.72. The molecule has 0 saturated heterocycles. The molecular weight excluding hydrogens is 289 g/mol. The molecule has 1 aromatic rings. The molecule has 0 heterocycles. The van der Waals surface area contributed by atoms with Crippen molar-refractivity contribution >= 4 is 17.7 Å². The van der Waals surface area contributed by atoms with Gasteiger partial charge in [-0.1, -0.05) is 6.92 Å². The summed E-state index contributed by atoms with van der Waals surface area (Å²) in [5.41, 5.74) is 4.39. The van der Waals surface area contributed by atoms with E-state index in [0.717, 1.165) is 12.1 Å². The van der Waals surface area contributed by atoms with Gasteiger partial charge in [0, 0.05) is 11.7 Å². The number of anilines is 1. The van der Waals surface area contributed by atoms with Crippen molar-refractivity contribution in [1.29, 1.82) is 0 Å². The van der Waals surface area contributed by atoms with E-state index >= 15 is 0 Å². The molecule has 0 aliphatic heterocycles. The van der Waals surface area contributed by atoms with Crippen molar-refractivity contribution in [3.8, 4) is 0 Å². The molecule has 0 aliphatic carbocycles. The van der Waals surface area contributed by atoms with Gasteiger partial charge in [-0.15, -0.1) is 0 Å². The van der Waals surface area contributed by atoms with Gasteiger partial charge in [-0.3, -0.25) is 4.79 Å². The van der Waals surface area contributed by atoms with E-state index in [1.165, 1.54) is 12.1 Å². The first-order chi connectivity index (χ1) is 9.72. The lowest BCUT2D eigenvalue weighted by molar-refractivity contribution is -0.138. The maximum absolute atomic E-state index is 12.4. The van der Waals surface area contributed by atoms with Crippen LogP contribution >= 0.6 is 0 Å². The molecule has 3 N–H and O–H groups in total. The van der Waals surface area contributed by atoms with Crippen LogP contribution in [-0.2, 0) is 15.7 Å². The van der Waals surface area contributed by atoms with Crippen molar-refractivity contribution in [1.82, 2.24) is 0 Å². The Balaban J connectivity index is 2.65. The number of nitrogens with one attached hydrogen (secondary N) is 1. The van der Waals surface area contributed by atoms with Crippen molar-refractivity contribution in [2.24, 2.45) is 5.73 Å². The van der Waals surface area contributed by atoms with E-state index in [9.17, 15) is 22.8 Å². The zero-order valence-corrected chi connectivity index (χ0v) is 11.2. The number of alkyl halides is 3. The fourth-order valence-electron chi connectivity index (χ4n) is 1.64. The summed E-state index contributed by atoms with van der Waals surface area (Å²) in [5.74, 6) is -0.797. The van der Waals surface area contributed by atoms with Gasteiger partial charge in [-0.25, -0.2) is 4.79 Å². The van der Waals surface area contributed by atoms with Crippen LogP contribution in [0.2, 0.25) is 0 Å². The van der Waals surface area contributed by atoms with E-state index in [4.69, 9.17) is 5.73 Å². The Morgan fingerprint density at radius 1 is 1.29 bits per heavy atom. The number of rotatable bonds is 5. The summed E-state index contributed by atoms with van der Waals surface area (Å²) in [6, 6.07) is 4.04. The van der Waals surface area contributed by atoms with E-state index < -0.39 is 23.8 Å². The van der Waals surface area contributed by atoms with Gasteiger partial charge in [0.15, 0.2) is 0 Å². The summed E-state index contributed by atoms with van der Waals surface area (Å²) in [6.45, 7) is 1.78. The quantitative estimate of drug-likeness (QED) is 0.647. The molecule has 0 saturated carbocycles. The monoisotopic (exact) mass is 304 g/mol. The summed E-state index contributed by atoms with van der Waals surface area (Å²) >= 11 is 0. The maximum Gasteiger partial charge on any atom is 0.416 e. The maximum atomic E-state index is 12.4. The first-order valence-corrected chi connectivity index (χ1v) is 6.16. The van der Waals surface area contributed by atoms with E-state index in [1.54, 1.807) is 6.92 Å².